The Hall–Kier alpha value is -3.35. The molecule has 0 aliphatic heterocycles. The second-order valence-electron chi connectivity index (χ2n) is 5.47. The fraction of sp³-hybridized carbons (Fsp3) is 0.167. The van der Waals surface area contributed by atoms with Crippen molar-refractivity contribution in [2.24, 2.45) is 0 Å². The summed E-state index contributed by atoms with van der Waals surface area (Å²) < 4.78 is 5.14. The summed E-state index contributed by atoms with van der Waals surface area (Å²) in [5, 5.41) is 15.9. The Morgan fingerprint density at radius 3 is 2.52 bits per heavy atom. The van der Waals surface area contributed by atoms with Crippen LogP contribution in [0, 0.1) is 0 Å². The number of hydrogen-bond donors (Lipinski definition) is 3. The van der Waals surface area contributed by atoms with Crippen LogP contribution in [0.4, 0.5) is 17.5 Å². The average Bonchev–Trinajstić information content (AvgIpc) is 2.62. The number of carbonyl (C=O) groups is 1. The number of rotatable bonds is 6. The molecule has 0 aliphatic carbocycles. The molecule has 0 aliphatic rings. The summed E-state index contributed by atoms with van der Waals surface area (Å²) in [7, 11) is 1.61. The lowest BCUT2D eigenvalue weighted by molar-refractivity contribution is -0.137. The molecule has 0 spiro atoms. The van der Waals surface area contributed by atoms with Gasteiger partial charge in [-0.25, -0.2) is 4.98 Å². The molecule has 3 rings (SSSR count). The van der Waals surface area contributed by atoms with Crippen LogP contribution < -0.4 is 15.4 Å². The maximum Gasteiger partial charge on any atom is 0.325 e. The smallest absolute Gasteiger partial charge is 0.325 e. The molecule has 2 aromatic carbocycles. The molecule has 1 aromatic heterocycles. The second-order valence-corrected chi connectivity index (χ2v) is 5.47. The minimum atomic E-state index is -0.952. The Balaban J connectivity index is 1.96. The van der Waals surface area contributed by atoms with E-state index >= 15 is 0 Å². The maximum atomic E-state index is 11.1. The van der Waals surface area contributed by atoms with E-state index in [1.807, 2.05) is 48.5 Å². The van der Waals surface area contributed by atoms with Crippen molar-refractivity contribution in [2.45, 2.75) is 13.0 Å². The number of ether oxygens (including phenoxy) is 1. The van der Waals surface area contributed by atoms with E-state index in [0.717, 1.165) is 16.8 Å². The molecule has 0 bridgehead atoms. The van der Waals surface area contributed by atoms with E-state index in [4.69, 9.17) is 9.84 Å². The Kier molecular flexibility index (Phi) is 4.65. The normalized spacial score (nSPS) is 11.8. The fourth-order valence-corrected chi connectivity index (χ4v) is 2.31. The minimum absolute atomic E-state index is 0.379. The van der Waals surface area contributed by atoms with Gasteiger partial charge in [-0.1, -0.05) is 12.1 Å². The van der Waals surface area contributed by atoms with Crippen molar-refractivity contribution < 1.29 is 14.6 Å². The third kappa shape index (κ3) is 3.77. The molecule has 0 saturated heterocycles. The number of nitrogens with zero attached hydrogens (tertiary/aromatic N) is 2. The van der Waals surface area contributed by atoms with E-state index < -0.39 is 12.0 Å². The van der Waals surface area contributed by atoms with Crippen LogP contribution in [0.2, 0.25) is 0 Å². The first-order valence-electron chi connectivity index (χ1n) is 7.74. The molecule has 1 heterocycles. The first kappa shape index (κ1) is 16.5. The van der Waals surface area contributed by atoms with Crippen molar-refractivity contribution in [3.63, 3.8) is 0 Å². The fourth-order valence-electron chi connectivity index (χ4n) is 2.31. The van der Waals surface area contributed by atoms with Gasteiger partial charge in [0.2, 0.25) is 5.95 Å². The molecule has 3 N–H and O–H groups in total. The molecular formula is C18H18N4O3. The number of methoxy groups -OCH3 is 1. The molecule has 0 amide bonds. The maximum absolute atomic E-state index is 11.1. The summed E-state index contributed by atoms with van der Waals surface area (Å²) in [6.45, 7) is 1.57. The van der Waals surface area contributed by atoms with Crippen molar-refractivity contribution in [1.82, 2.24) is 9.97 Å². The van der Waals surface area contributed by atoms with Crippen LogP contribution >= 0.6 is 0 Å². The molecule has 3 aromatic rings. The molecule has 1 unspecified atom stereocenters. The highest BCUT2D eigenvalue weighted by Gasteiger charge is 2.14. The number of aliphatic carboxylic acids is 1. The molecule has 7 heteroatoms. The molecule has 25 heavy (non-hydrogen) atoms. The first-order valence-corrected chi connectivity index (χ1v) is 7.74. The van der Waals surface area contributed by atoms with Crippen LogP contribution in [0.5, 0.6) is 5.75 Å². The van der Waals surface area contributed by atoms with Gasteiger partial charge in [0.1, 0.15) is 17.6 Å². The Bertz CT molecular complexity index is 896. The predicted molar refractivity (Wildman–Crippen MR) is 96.5 cm³/mol. The number of benzene rings is 2. The highest BCUT2D eigenvalue weighted by molar-refractivity contribution is 5.92. The second kappa shape index (κ2) is 7.04. The van der Waals surface area contributed by atoms with E-state index in [-0.39, 0.29) is 0 Å². The molecular weight excluding hydrogens is 320 g/mol. The number of nitrogens with one attached hydrogen (secondary N) is 2. The molecule has 128 valence electrons. The van der Waals surface area contributed by atoms with Gasteiger partial charge in [0.05, 0.1) is 12.6 Å². The summed E-state index contributed by atoms with van der Waals surface area (Å²) in [6.07, 6.45) is 0. The predicted octanol–water partition coefficient (Wildman–Crippen LogP) is 3.27. The molecule has 1 atom stereocenters. The lowest BCUT2D eigenvalue weighted by atomic mass is 10.2. The van der Waals surface area contributed by atoms with Crippen molar-refractivity contribution in [3.05, 3.63) is 48.5 Å². The van der Waals surface area contributed by atoms with Gasteiger partial charge in [-0.2, -0.15) is 4.98 Å². The number of carboxylic acids is 1. The van der Waals surface area contributed by atoms with Crippen molar-refractivity contribution in [2.75, 3.05) is 17.7 Å². The van der Waals surface area contributed by atoms with Crippen LogP contribution in [0.1, 0.15) is 6.92 Å². The van der Waals surface area contributed by atoms with Gasteiger partial charge in [0.15, 0.2) is 0 Å². The van der Waals surface area contributed by atoms with E-state index in [1.165, 1.54) is 0 Å². The largest absolute Gasteiger partial charge is 0.497 e. The van der Waals surface area contributed by atoms with E-state index in [1.54, 1.807) is 14.0 Å². The van der Waals surface area contributed by atoms with E-state index in [9.17, 15) is 4.79 Å². The molecule has 0 saturated carbocycles. The van der Waals surface area contributed by atoms with Crippen LogP contribution in [-0.4, -0.2) is 34.2 Å². The highest BCUT2D eigenvalue weighted by atomic mass is 16.5. The molecule has 7 nitrogen and oxygen atoms in total. The zero-order valence-electron chi connectivity index (χ0n) is 13.9. The number of hydrogen-bond acceptors (Lipinski definition) is 6. The van der Waals surface area contributed by atoms with Gasteiger partial charge in [-0.05, 0) is 43.3 Å². The van der Waals surface area contributed by atoms with Crippen LogP contribution in [0.25, 0.3) is 10.9 Å². The average molecular weight is 338 g/mol. The topological polar surface area (TPSA) is 96.4 Å². The van der Waals surface area contributed by atoms with Crippen LogP contribution in [0.15, 0.2) is 48.5 Å². The number of carboxylic acid groups (broad SMARTS) is 1. The third-order valence-corrected chi connectivity index (χ3v) is 3.67. The highest BCUT2D eigenvalue weighted by Crippen LogP contribution is 2.24. The van der Waals surface area contributed by atoms with Gasteiger partial charge >= 0.3 is 5.97 Å². The Labute approximate surface area is 144 Å². The molecule has 0 fully saturated rings. The number of para-hydroxylation sites is 1. The quantitative estimate of drug-likeness (QED) is 0.635. The number of aromatic nitrogens is 2. The SMILES string of the molecule is COc1ccc(Nc2nc(NC(C)C(=O)O)c3ccccc3n2)cc1. The standard InChI is InChI=1S/C18H18N4O3/c1-11(17(23)24)19-16-14-5-3-4-6-15(14)21-18(22-16)20-12-7-9-13(25-2)10-8-12/h3-11H,1-2H3,(H,23,24)(H2,19,20,21,22). The summed E-state index contributed by atoms with van der Waals surface area (Å²) in [5.41, 5.74) is 1.52. The van der Waals surface area contributed by atoms with Crippen LogP contribution in [-0.2, 0) is 4.79 Å². The van der Waals surface area contributed by atoms with Crippen molar-refractivity contribution in [3.8, 4) is 5.75 Å². The summed E-state index contributed by atoms with van der Waals surface area (Å²) in [5.74, 6) is 0.649. The Morgan fingerprint density at radius 2 is 1.84 bits per heavy atom. The van der Waals surface area contributed by atoms with Gasteiger partial charge in [0, 0.05) is 11.1 Å². The van der Waals surface area contributed by atoms with Gasteiger partial charge in [0.25, 0.3) is 0 Å². The van der Waals surface area contributed by atoms with E-state index in [2.05, 4.69) is 20.6 Å². The zero-order chi connectivity index (χ0) is 17.8. The van der Waals surface area contributed by atoms with Gasteiger partial charge < -0.3 is 20.5 Å². The summed E-state index contributed by atoms with van der Waals surface area (Å²) in [4.78, 5) is 20.1. The van der Waals surface area contributed by atoms with Crippen LogP contribution in [0.3, 0.4) is 0 Å². The van der Waals surface area contributed by atoms with Crippen molar-refractivity contribution >= 4 is 34.3 Å². The minimum Gasteiger partial charge on any atom is -0.497 e. The van der Waals surface area contributed by atoms with Gasteiger partial charge in [-0.3, -0.25) is 4.79 Å². The Morgan fingerprint density at radius 1 is 1.12 bits per heavy atom. The van der Waals surface area contributed by atoms with E-state index in [0.29, 0.717) is 17.3 Å². The third-order valence-electron chi connectivity index (χ3n) is 3.67. The lowest BCUT2D eigenvalue weighted by Gasteiger charge is -2.14. The number of anilines is 3. The lowest BCUT2D eigenvalue weighted by Crippen LogP contribution is -2.26. The monoisotopic (exact) mass is 338 g/mol. The van der Waals surface area contributed by atoms with Gasteiger partial charge in [-0.15, -0.1) is 0 Å². The first-order chi connectivity index (χ1) is 12.1. The summed E-state index contributed by atoms with van der Waals surface area (Å²) in [6, 6.07) is 14.0. The number of fused-ring (bicyclic) bond motifs is 1. The van der Waals surface area contributed by atoms with Crippen molar-refractivity contribution in [1.29, 1.82) is 0 Å². The molecule has 0 radical (unpaired) electrons. The zero-order valence-corrected chi connectivity index (χ0v) is 13.9. The summed E-state index contributed by atoms with van der Waals surface area (Å²) >= 11 is 0.